The maximum absolute atomic E-state index is 6.45. The van der Waals surface area contributed by atoms with Crippen molar-refractivity contribution < 1.29 is 0 Å². The van der Waals surface area contributed by atoms with Crippen LogP contribution in [0.2, 0.25) is 0 Å². The fourth-order valence-corrected chi connectivity index (χ4v) is 6.14. The Morgan fingerprint density at radius 2 is 1.62 bits per heavy atom. The Balaban J connectivity index is 1.72. The zero-order chi connectivity index (χ0) is 14.3. The lowest BCUT2D eigenvalue weighted by atomic mass is 9.77. The van der Waals surface area contributed by atoms with Gasteiger partial charge in [0.15, 0.2) is 0 Å². The first kappa shape index (κ1) is 14.1. The van der Waals surface area contributed by atoms with Gasteiger partial charge in [0.1, 0.15) is 0 Å². The van der Waals surface area contributed by atoms with E-state index in [1.54, 1.807) is 11.1 Å². The molecule has 2 unspecified atom stereocenters. The third-order valence-electron chi connectivity index (χ3n) is 6.26. The molecule has 2 bridgehead atoms. The van der Waals surface area contributed by atoms with Crippen LogP contribution in [0.15, 0.2) is 24.3 Å². The summed E-state index contributed by atoms with van der Waals surface area (Å²) < 4.78 is 0. The number of benzene rings is 1. The van der Waals surface area contributed by atoms with Crippen molar-refractivity contribution in [1.29, 1.82) is 0 Å². The summed E-state index contributed by atoms with van der Waals surface area (Å²) in [5.41, 5.74) is 9.91. The molecule has 3 heteroatoms. The van der Waals surface area contributed by atoms with Crippen molar-refractivity contribution in [3.05, 3.63) is 35.4 Å². The Morgan fingerprint density at radius 3 is 2.14 bits per heavy atom. The van der Waals surface area contributed by atoms with Crippen molar-refractivity contribution in [3.63, 3.8) is 0 Å². The predicted molar refractivity (Wildman–Crippen MR) is 90.7 cm³/mol. The van der Waals surface area contributed by atoms with Gasteiger partial charge in [-0.15, -0.1) is 0 Å². The summed E-state index contributed by atoms with van der Waals surface area (Å²) in [7, 11) is 0. The van der Waals surface area contributed by atoms with Crippen LogP contribution in [0.25, 0.3) is 0 Å². The molecule has 0 radical (unpaired) electrons. The Labute approximate surface area is 132 Å². The van der Waals surface area contributed by atoms with Crippen LogP contribution in [-0.4, -0.2) is 41.6 Å². The Kier molecular flexibility index (Phi) is 3.76. The second kappa shape index (κ2) is 5.60. The van der Waals surface area contributed by atoms with Gasteiger partial charge in [0.2, 0.25) is 0 Å². The van der Waals surface area contributed by atoms with Gasteiger partial charge in [-0.05, 0) is 48.6 Å². The van der Waals surface area contributed by atoms with E-state index < -0.39 is 0 Å². The zero-order valence-electron chi connectivity index (χ0n) is 12.8. The van der Waals surface area contributed by atoms with Crippen molar-refractivity contribution in [2.75, 3.05) is 31.1 Å². The normalized spacial score (nSPS) is 36.2. The van der Waals surface area contributed by atoms with Crippen LogP contribution in [0, 0.1) is 11.8 Å². The van der Waals surface area contributed by atoms with Gasteiger partial charge in [-0.3, -0.25) is 4.90 Å². The number of hydrogen-bond acceptors (Lipinski definition) is 3. The minimum atomic E-state index is 0.278. The number of hydrogen-bond donors (Lipinski definition) is 1. The third-order valence-corrected chi connectivity index (χ3v) is 7.20. The SMILES string of the molecule is NCC1(N2CCSCC2)C2CCC1Cc1ccccc1C2. The quantitative estimate of drug-likeness (QED) is 0.910. The van der Waals surface area contributed by atoms with Crippen molar-refractivity contribution in [3.8, 4) is 0 Å². The van der Waals surface area contributed by atoms with E-state index in [0.717, 1.165) is 18.4 Å². The molecule has 1 aliphatic heterocycles. The van der Waals surface area contributed by atoms with Crippen LogP contribution >= 0.6 is 11.8 Å². The second-order valence-corrected chi connectivity index (χ2v) is 8.17. The zero-order valence-corrected chi connectivity index (χ0v) is 13.6. The van der Waals surface area contributed by atoms with Crippen LogP contribution in [0.4, 0.5) is 0 Å². The second-order valence-electron chi connectivity index (χ2n) is 6.94. The van der Waals surface area contributed by atoms with Crippen molar-refractivity contribution >= 4 is 11.8 Å². The summed E-state index contributed by atoms with van der Waals surface area (Å²) in [6.07, 6.45) is 5.24. The lowest BCUT2D eigenvalue weighted by molar-refractivity contribution is 0.0317. The molecule has 0 aromatic heterocycles. The first-order valence-corrected chi connectivity index (χ1v) is 9.59. The molecule has 2 fully saturated rings. The molecule has 0 amide bonds. The van der Waals surface area contributed by atoms with E-state index in [1.807, 2.05) is 0 Å². The molecule has 2 aliphatic carbocycles. The molecule has 2 N–H and O–H groups in total. The van der Waals surface area contributed by atoms with Gasteiger partial charge in [0.25, 0.3) is 0 Å². The topological polar surface area (TPSA) is 29.3 Å². The molecule has 3 aliphatic rings. The Hall–Kier alpha value is -0.510. The fraction of sp³-hybridized carbons (Fsp3) is 0.667. The minimum Gasteiger partial charge on any atom is -0.329 e. The summed E-state index contributed by atoms with van der Waals surface area (Å²) >= 11 is 2.10. The maximum Gasteiger partial charge on any atom is 0.0394 e. The average Bonchev–Trinajstić information content (AvgIpc) is 2.79. The summed E-state index contributed by atoms with van der Waals surface area (Å²) in [5, 5.41) is 0. The smallest absolute Gasteiger partial charge is 0.0394 e. The molecule has 1 heterocycles. The van der Waals surface area contributed by atoms with Gasteiger partial charge in [-0.2, -0.15) is 11.8 Å². The van der Waals surface area contributed by atoms with E-state index >= 15 is 0 Å². The first-order valence-electron chi connectivity index (χ1n) is 8.44. The van der Waals surface area contributed by atoms with E-state index in [4.69, 9.17) is 5.73 Å². The van der Waals surface area contributed by atoms with E-state index in [2.05, 4.69) is 40.9 Å². The highest BCUT2D eigenvalue weighted by molar-refractivity contribution is 7.99. The molecule has 2 atom stereocenters. The molecule has 1 aromatic rings. The number of fused-ring (bicyclic) bond motifs is 3. The molecular formula is C18H26N2S. The highest BCUT2D eigenvalue weighted by atomic mass is 32.2. The fourth-order valence-electron chi connectivity index (χ4n) is 5.24. The summed E-state index contributed by atoms with van der Waals surface area (Å²) in [4.78, 5) is 2.79. The molecule has 21 heavy (non-hydrogen) atoms. The van der Waals surface area contributed by atoms with Gasteiger partial charge in [-0.25, -0.2) is 0 Å². The third kappa shape index (κ3) is 2.16. The van der Waals surface area contributed by atoms with Gasteiger partial charge >= 0.3 is 0 Å². The lowest BCUT2D eigenvalue weighted by Gasteiger charge is -2.49. The first-order chi connectivity index (χ1) is 10.3. The van der Waals surface area contributed by atoms with Crippen molar-refractivity contribution in [1.82, 2.24) is 4.90 Å². The summed E-state index contributed by atoms with van der Waals surface area (Å²) in [6, 6.07) is 9.12. The van der Waals surface area contributed by atoms with Gasteiger partial charge < -0.3 is 5.73 Å². The van der Waals surface area contributed by atoms with Crippen molar-refractivity contribution in [2.24, 2.45) is 17.6 Å². The number of nitrogens with two attached hydrogens (primary N) is 1. The largest absolute Gasteiger partial charge is 0.329 e. The van der Waals surface area contributed by atoms with E-state index in [0.29, 0.717) is 0 Å². The molecular weight excluding hydrogens is 276 g/mol. The molecule has 2 nitrogen and oxygen atoms in total. The van der Waals surface area contributed by atoms with E-state index in [1.165, 1.54) is 50.3 Å². The average molecular weight is 302 g/mol. The minimum absolute atomic E-state index is 0.278. The molecule has 1 aromatic carbocycles. The highest BCUT2D eigenvalue weighted by Crippen LogP contribution is 2.50. The molecule has 1 saturated carbocycles. The standard InChI is InChI=1S/C18H26N2S/c19-13-18(20-7-9-21-10-8-20)16-5-6-17(18)12-15-4-2-1-3-14(15)11-16/h1-4,16-17H,5-13,19H2. The highest BCUT2D eigenvalue weighted by Gasteiger charge is 2.53. The molecule has 114 valence electrons. The van der Waals surface area contributed by atoms with Gasteiger partial charge in [0, 0.05) is 36.7 Å². The van der Waals surface area contributed by atoms with Gasteiger partial charge in [-0.1, -0.05) is 24.3 Å². The van der Waals surface area contributed by atoms with Crippen LogP contribution < -0.4 is 5.73 Å². The number of nitrogens with zero attached hydrogens (tertiary/aromatic N) is 1. The molecule has 4 rings (SSSR count). The van der Waals surface area contributed by atoms with E-state index in [-0.39, 0.29) is 5.54 Å². The van der Waals surface area contributed by atoms with Crippen LogP contribution in [-0.2, 0) is 12.8 Å². The van der Waals surface area contributed by atoms with Crippen LogP contribution in [0.5, 0.6) is 0 Å². The van der Waals surface area contributed by atoms with E-state index in [9.17, 15) is 0 Å². The van der Waals surface area contributed by atoms with Crippen LogP contribution in [0.3, 0.4) is 0 Å². The van der Waals surface area contributed by atoms with Crippen LogP contribution in [0.1, 0.15) is 24.0 Å². The monoisotopic (exact) mass is 302 g/mol. The summed E-state index contributed by atoms with van der Waals surface area (Å²) in [6.45, 7) is 3.33. The lowest BCUT2D eigenvalue weighted by Crippen LogP contribution is -2.62. The predicted octanol–water partition coefficient (Wildman–Crippen LogP) is 2.56. The molecule has 0 spiro atoms. The van der Waals surface area contributed by atoms with Crippen molar-refractivity contribution in [2.45, 2.75) is 31.2 Å². The number of rotatable bonds is 2. The number of thioether (sulfide) groups is 1. The van der Waals surface area contributed by atoms with Gasteiger partial charge in [0.05, 0.1) is 0 Å². The summed E-state index contributed by atoms with van der Waals surface area (Å²) in [5.74, 6) is 4.10. The molecule has 1 saturated heterocycles. The maximum atomic E-state index is 6.45. The Morgan fingerprint density at radius 1 is 1.05 bits per heavy atom. The Bertz CT molecular complexity index is 477.